The zero-order valence-electron chi connectivity index (χ0n) is 19.4. The molecule has 0 saturated heterocycles. The smallest absolute Gasteiger partial charge is 0.164 e. The summed E-state index contributed by atoms with van der Waals surface area (Å²) in [6, 6.07) is 22.7. The second-order valence-electron chi connectivity index (χ2n) is 8.29. The number of rotatable bonds is 2. The van der Waals surface area contributed by atoms with E-state index < -0.39 is 10.8 Å². The molecule has 1 N–H and O–H groups in total. The molecule has 0 aliphatic heterocycles. The highest BCUT2D eigenvalue weighted by Crippen LogP contribution is 2.42. The lowest BCUT2D eigenvalue weighted by molar-refractivity contribution is 0.0996. The van der Waals surface area contributed by atoms with E-state index >= 15 is 0 Å². The van der Waals surface area contributed by atoms with Gasteiger partial charge in [-0.25, -0.2) is 0 Å². The lowest BCUT2D eigenvalue weighted by Gasteiger charge is -2.20. The van der Waals surface area contributed by atoms with E-state index in [0.29, 0.717) is 6.42 Å². The second-order valence-corrected chi connectivity index (χ2v) is 9.77. The van der Waals surface area contributed by atoms with E-state index in [2.05, 4.69) is 41.5 Å². The summed E-state index contributed by atoms with van der Waals surface area (Å²) in [5, 5.41) is 8.12. The van der Waals surface area contributed by atoms with Crippen LogP contribution in [0.1, 0.15) is 33.5 Å². The minimum Gasteiger partial charge on any atom is -0.340 e. The third kappa shape index (κ3) is 4.46. The number of benzene rings is 4. The van der Waals surface area contributed by atoms with Gasteiger partial charge in [0.1, 0.15) is 5.84 Å². The fourth-order valence-corrected chi connectivity index (χ4v) is 4.55. The summed E-state index contributed by atoms with van der Waals surface area (Å²) < 4.78 is 9.56. The third-order valence-corrected chi connectivity index (χ3v) is 5.96. The van der Waals surface area contributed by atoms with Crippen LogP contribution in [0.25, 0.3) is 21.5 Å². The number of nitrogens with one attached hydrogen (secondary N) is 1. The molecule has 4 aromatic carbocycles. The Kier molecular flexibility index (Phi) is 6.70. The molecular formula is C28H28N2O2S. The first kappa shape index (κ1) is 22.9. The molecule has 0 saturated carbocycles. The predicted molar refractivity (Wildman–Crippen MR) is 141 cm³/mol. The molecule has 0 amide bonds. The summed E-state index contributed by atoms with van der Waals surface area (Å²) in [5.74, 6) is 1.05. The van der Waals surface area contributed by atoms with E-state index in [0.717, 1.165) is 56.4 Å². The molecule has 0 radical (unpaired) electrons. The number of carbonyl (C=O) groups is 1. The Morgan fingerprint density at radius 2 is 1.58 bits per heavy atom. The SMILES string of the molecule is CN=C(Nc1c2c(c3c(ccc4ccccc43)c1C)C(=O)CC2)c1ccccc1.CS(C)=O. The monoisotopic (exact) mass is 456 g/mol. The van der Waals surface area contributed by atoms with Crippen LogP contribution >= 0.6 is 0 Å². The van der Waals surface area contributed by atoms with Crippen LogP contribution < -0.4 is 5.32 Å². The number of aryl methyl sites for hydroxylation is 1. The second kappa shape index (κ2) is 9.67. The van der Waals surface area contributed by atoms with Gasteiger partial charge in [0.15, 0.2) is 5.78 Å². The van der Waals surface area contributed by atoms with Gasteiger partial charge in [-0.1, -0.05) is 66.7 Å². The quantitative estimate of drug-likeness (QED) is 0.232. The van der Waals surface area contributed by atoms with Gasteiger partial charge in [-0.05, 0) is 40.6 Å². The number of ketones is 1. The van der Waals surface area contributed by atoms with E-state index in [1.165, 1.54) is 5.39 Å². The number of hydrogen-bond acceptors (Lipinski definition) is 3. The minimum absolute atomic E-state index is 0.235. The first-order chi connectivity index (χ1) is 15.9. The Hall–Kier alpha value is -3.31. The number of aliphatic imine (C=N–C) groups is 1. The van der Waals surface area contributed by atoms with E-state index in [4.69, 9.17) is 0 Å². The number of carbonyl (C=O) groups excluding carboxylic acids is 1. The number of Topliss-reactive ketones (excluding diaryl/α,β-unsaturated/α-hetero) is 1. The Labute approximate surface area is 197 Å². The number of nitrogens with zero attached hydrogens (tertiary/aromatic N) is 1. The molecule has 4 nitrogen and oxygen atoms in total. The molecule has 0 bridgehead atoms. The van der Waals surface area contributed by atoms with Gasteiger partial charge in [-0.15, -0.1) is 0 Å². The minimum atomic E-state index is -0.611. The zero-order valence-corrected chi connectivity index (χ0v) is 20.3. The van der Waals surface area contributed by atoms with Crippen molar-refractivity contribution >= 4 is 49.7 Å². The van der Waals surface area contributed by atoms with Crippen molar-refractivity contribution in [3.05, 3.63) is 89.0 Å². The molecule has 0 fully saturated rings. The van der Waals surface area contributed by atoms with Gasteiger partial charge >= 0.3 is 0 Å². The molecule has 4 aromatic rings. The van der Waals surface area contributed by atoms with Crippen molar-refractivity contribution in [2.24, 2.45) is 4.99 Å². The van der Waals surface area contributed by atoms with E-state index in [9.17, 15) is 9.00 Å². The van der Waals surface area contributed by atoms with Crippen molar-refractivity contribution in [3.8, 4) is 0 Å². The van der Waals surface area contributed by atoms with Gasteiger partial charge in [0.2, 0.25) is 0 Å². The highest BCUT2D eigenvalue weighted by atomic mass is 32.2. The topological polar surface area (TPSA) is 58.5 Å². The van der Waals surface area contributed by atoms with E-state index in [1.807, 2.05) is 42.5 Å². The average molecular weight is 457 g/mol. The van der Waals surface area contributed by atoms with Crippen molar-refractivity contribution in [2.45, 2.75) is 19.8 Å². The van der Waals surface area contributed by atoms with Gasteiger partial charge < -0.3 is 5.32 Å². The van der Waals surface area contributed by atoms with Gasteiger partial charge in [0.05, 0.1) is 0 Å². The van der Waals surface area contributed by atoms with Crippen molar-refractivity contribution in [2.75, 3.05) is 24.9 Å². The summed E-state index contributed by atoms with van der Waals surface area (Å²) in [7, 11) is 1.19. The summed E-state index contributed by atoms with van der Waals surface area (Å²) in [6.45, 7) is 2.14. The molecule has 0 spiro atoms. The zero-order chi connectivity index (χ0) is 23.5. The Balaban J connectivity index is 0.000000601. The van der Waals surface area contributed by atoms with Crippen LogP contribution in [0.3, 0.4) is 0 Å². The number of fused-ring (bicyclic) bond motifs is 5. The van der Waals surface area contributed by atoms with Crippen molar-refractivity contribution in [1.29, 1.82) is 0 Å². The van der Waals surface area contributed by atoms with Crippen molar-refractivity contribution in [3.63, 3.8) is 0 Å². The van der Waals surface area contributed by atoms with Gasteiger partial charge in [-0.3, -0.25) is 14.0 Å². The molecule has 33 heavy (non-hydrogen) atoms. The fourth-order valence-electron chi connectivity index (χ4n) is 4.55. The van der Waals surface area contributed by atoms with Crippen LogP contribution in [0, 0.1) is 6.92 Å². The highest BCUT2D eigenvalue weighted by Gasteiger charge is 2.28. The van der Waals surface area contributed by atoms with Crippen LogP contribution in [0.15, 0.2) is 71.7 Å². The predicted octanol–water partition coefficient (Wildman–Crippen LogP) is 5.91. The summed E-state index contributed by atoms with van der Waals surface area (Å²) in [6.07, 6.45) is 4.61. The number of anilines is 1. The maximum absolute atomic E-state index is 13.0. The molecule has 1 aliphatic rings. The Morgan fingerprint density at radius 3 is 2.27 bits per heavy atom. The maximum Gasteiger partial charge on any atom is 0.164 e. The van der Waals surface area contributed by atoms with Crippen molar-refractivity contribution in [1.82, 2.24) is 0 Å². The normalized spacial score (nSPS) is 13.2. The summed E-state index contributed by atoms with van der Waals surface area (Å²) >= 11 is 0. The van der Waals surface area contributed by atoms with Crippen LogP contribution in [-0.4, -0.2) is 35.4 Å². The lowest BCUT2D eigenvalue weighted by Crippen LogP contribution is -2.16. The third-order valence-electron chi connectivity index (χ3n) is 5.96. The molecular weight excluding hydrogens is 428 g/mol. The molecule has 1 aliphatic carbocycles. The maximum atomic E-state index is 13.0. The molecule has 168 valence electrons. The van der Waals surface area contributed by atoms with Crippen LogP contribution in [0.4, 0.5) is 5.69 Å². The largest absolute Gasteiger partial charge is 0.340 e. The average Bonchev–Trinajstić information content (AvgIpc) is 3.20. The molecule has 0 heterocycles. The Bertz CT molecular complexity index is 1400. The molecule has 5 heteroatoms. The lowest BCUT2D eigenvalue weighted by atomic mass is 9.90. The van der Waals surface area contributed by atoms with Gasteiger partial charge in [0, 0.05) is 59.0 Å². The van der Waals surface area contributed by atoms with Crippen LogP contribution in [-0.2, 0) is 17.2 Å². The van der Waals surface area contributed by atoms with Crippen LogP contribution in [0.5, 0.6) is 0 Å². The number of hydrogen-bond donors (Lipinski definition) is 1. The van der Waals surface area contributed by atoms with Gasteiger partial charge in [0.25, 0.3) is 0 Å². The molecule has 0 unspecified atom stereocenters. The Morgan fingerprint density at radius 1 is 0.909 bits per heavy atom. The fraction of sp³-hybridized carbons (Fsp3) is 0.214. The van der Waals surface area contributed by atoms with E-state index in [-0.39, 0.29) is 5.78 Å². The van der Waals surface area contributed by atoms with E-state index in [1.54, 1.807) is 19.6 Å². The molecule has 0 atom stereocenters. The number of amidine groups is 1. The summed E-state index contributed by atoms with van der Waals surface area (Å²) in [5.41, 5.74) is 5.22. The van der Waals surface area contributed by atoms with Crippen LogP contribution in [0.2, 0.25) is 0 Å². The van der Waals surface area contributed by atoms with Crippen molar-refractivity contribution < 1.29 is 9.00 Å². The first-order valence-electron chi connectivity index (χ1n) is 11.0. The van der Waals surface area contributed by atoms with Gasteiger partial charge in [-0.2, -0.15) is 0 Å². The molecule has 5 rings (SSSR count). The first-order valence-corrected chi connectivity index (χ1v) is 12.9. The molecule has 0 aromatic heterocycles. The standard InChI is InChI=1S/C26H22N2O.C2H6OS/c1-16-19-13-12-17-8-6-7-11-20(17)23(19)24-21(14-15-22(24)29)25(16)28-26(27-2)18-9-4-3-5-10-18;1-4(2)3/h3-13H,14-15H2,1-2H3,(H,27,28);1-2H3. The highest BCUT2D eigenvalue weighted by molar-refractivity contribution is 7.83. The summed E-state index contributed by atoms with van der Waals surface area (Å²) in [4.78, 5) is 17.4.